The van der Waals surface area contributed by atoms with Crippen molar-refractivity contribution < 1.29 is 0 Å². The third kappa shape index (κ3) is 2.49. The Hall–Kier alpha value is -1.28. The molecule has 0 atom stereocenters. The Kier molecular flexibility index (Phi) is 3.84. The normalized spacial score (nSPS) is 16.4. The minimum atomic E-state index is 0.767. The molecule has 0 aliphatic heterocycles. The van der Waals surface area contributed by atoms with Crippen LogP contribution in [0.5, 0.6) is 0 Å². The Morgan fingerprint density at radius 3 is 2.55 bits per heavy atom. The number of H-pyrrole nitrogens is 1. The summed E-state index contributed by atoms with van der Waals surface area (Å²) in [5.41, 5.74) is 6.92. The van der Waals surface area contributed by atoms with E-state index in [0.717, 1.165) is 19.0 Å². The van der Waals surface area contributed by atoms with Crippen LogP contribution in [0, 0.1) is 20.8 Å². The maximum atomic E-state index is 3.73. The van der Waals surface area contributed by atoms with Gasteiger partial charge in [0.2, 0.25) is 0 Å². The molecule has 0 saturated heterocycles. The monoisotopic (exact) mass is 270 g/mol. The molecule has 2 nitrogen and oxygen atoms in total. The number of aromatic nitrogens is 1. The highest BCUT2D eigenvalue weighted by Crippen LogP contribution is 2.28. The van der Waals surface area contributed by atoms with Gasteiger partial charge in [-0.2, -0.15) is 0 Å². The molecule has 0 bridgehead atoms. The Labute approximate surface area is 122 Å². The average Bonchev–Trinajstić information content (AvgIpc) is 3.04. The van der Waals surface area contributed by atoms with E-state index in [4.69, 9.17) is 0 Å². The van der Waals surface area contributed by atoms with E-state index < -0.39 is 0 Å². The van der Waals surface area contributed by atoms with Gasteiger partial charge in [0.25, 0.3) is 0 Å². The van der Waals surface area contributed by atoms with Gasteiger partial charge < -0.3 is 10.3 Å². The molecule has 1 fully saturated rings. The fraction of sp³-hybridized carbons (Fsp3) is 0.556. The zero-order valence-corrected chi connectivity index (χ0v) is 13.0. The quantitative estimate of drug-likeness (QED) is 0.857. The van der Waals surface area contributed by atoms with Crippen molar-refractivity contribution in [2.45, 2.75) is 58.9 Å². The summed E-state index contributed by atoms with van der Waals surface area (Å²) in [4.78, 5) is 3.59. The molecule has 0 radical (unpaired) electrons. The molecular weight excluding hydrogens is 244 g/mol. The molecule has 1 aliphatic carbocycles. The van der Waals surface area contributed by atoms with Gasteiger partial charge >= 0.3 is 0 Å². The van der Waals surface area contributed by atoms with Gasteiger partial charge in [-0.05, 0) is 63.3 Å². The Balaban J connectivity index is 1.80. The number of aromatic amines is 1. The van der Waals surface area contributed by atoms with E-state index in [1.54, 1.807) is 0 Å². The number of aryl methyl sites for hydroxylation is 3. The summed E-state index contributed by atoms with van der Waals surface area (Å²) in [5.74, 6) is 0. The standard InChI is InChI=1S/C18H26N2/c1-12-8-9-13(2)18-17(12)16(14(3)20-18)10-11-19-15-6-4-5-7-15/h8-9,15,19-20H,4-7,10-11H2,1-3H3. The molecular formula is C18H26N2. The van der Waals surface area contributed by atoms with Crippen LogP contribution in [0.4, 0.5) is 0 Å². The molecule has 1 aliphatic rings. The lowest BCUT2D eigenvalue weighted by Gasteiger charge is -2.12. The molecule has 2 aromatic rings. The maximum absolute atomic E-state index is 3.73. The average molecular weight is 270 g/mol. The SMILES string of the molecule is Cc1[nH]c2c(C)ccc(C)c2c1CCNC1CCCC1. The zero-order valence-electron chi connectivity index (χ0n) is 13.0. The van der Waals surface area contributed by atoms with Gasteiger partial charge in [-0.1, -0.05) is 25.0 Å². The lowest BCUT2D eigenvalue weighted by atomic mass is 10.0. The van der Waals surface area contributed by atoms with Crippen LogP contribution >= 0.6 is 0 Å². The highest BCUT2D eigenvalue weighted by Gasteiger charge is 2.15. The van der Waals surface area contributed by atoms with Crippen molar-refractivity contribution in [1.29, 1.82) is 0 Å². The van der Waals surface area contributed by atoms with Crippen LogP contribution in [0.15, 0.2) is 12.1 Å². The second-order valence-electron chi connectivity index (χ2n) is 6.36. The van der Waals surface area contributed by atoms with Crippen molar-refractivity contribution in [3.8, 4) is 0 Å². The largest absolute Gasteiger partial charge is 0.358 e. The molecule has 1 aromatic carbocycles. The van der Waals surface area contributed by atoms with E-state index in [1.165, 1.54) is 59.0 Å². The summed E-state index contributed by atoms with van der Waals surface area (Å²) in [7, 11) is 0. The van der Waals surface area contributed by atoms with Gasteiger partial charge in [0.05, 0.1) is 0 Å². The number of hydrogen-bond donors (Lipinski definition) is 2. The van der Waals surface area contributed by atoms with Crippen LogP contribution in [0.2, 0.25) is 0 Å². The van der Waals surface area contributed by atoms with Crippen molar-refractivity contribution in [2.24, 2.45) is 0 Å². The molecule has 2 heteroatoms. The van der Waals surface area contributed by atoms with Crippen LogP contribution < -0.4 is 5.32 Å². The second-order valence-corrected chi connectivity index (χ2v) is 6.36. The Bertz CT molecular complexity index is 603. The van der Waals surface area contributed by atoms with E-state index in [2.05, 4.69) is 43.2 Å². The lowest BCUT2D eigenvalue weighted by Crippen LogP contribution is -2.28. The fourth-order valence-electron chi connectivity index (χ4n) is 3.66. The van der Waals surface area contributed by atoms with Crippen molar-refractivity contribution >= 4 is 10.9 Å². The summed E-state index contributed by atoms with van der Waals surface area (Å²) in [6, 6.07) is 5.23. The first-order chi connectivity index (χ1) is 9.66. The number of fused-ring (bicyclic) bond motifs is 1. The molecule has 3 rings (SSSR count). The van der Waals surface area contributed by atoms with Crippen LogP contribution in [0.3, 0.4) is 0 Å². The van der Waals surface area contributed by atoms with Gasteiger partial charge in [0.15, 0.2) is 0 Å². The fourth-order valence-corrected chi connectivity index (χ4v) is 3.66. The number of rotatable bonds is 4. The minimum absolute atomic E-state index is 0.767. The molecule has 20 heavy (non-hydrogen) atoms. The van der Waals surface area contributed by atoms with Crippen LogP contribution in [0.1, 0.15) is 48.1 Å². The molecule has 0 amide bonds. The van der Waals surface area contributed by atoms with Gasteiger partial charge in [0, 0.05) is 22.6 Å². The summed E-state index contributed by atoms with van der Waals surface area (Å²) >= 11 is 0. The molecule has 1 saturated carbocycles. The van der Waals surface area contributed by atoms with E-state index in [9.17, 15) is 0 Å². The van der Waals surface area contributed by atoms with E-state index in [1.807, 2.05) is 0 Å². The zero-order chi connectivity index (χ0) is 14.1. The highest BCUT2D eigenvalue weighted by molar-refractivity contribution is 5.90. The van der Waals surface area contributed by atoms with Crippen LogP contribution in [-0.4, -0.2) is 17.6 Å². The minimum Gasteiger partial charge on any atom is -0.358 e. The maximum Gasteiger partial charge on any atom is 0.0491 e. The number of benzene rings is 1. The van der Waals surface area contributed by atoms with Crippen LogP contribution in [0.25, 0.3) is 10.9 Å². The van der Waals surface area contributed by atoms with Gasteiger partial charge in [-0.25, -0.2) is 0 Å². The second kappa shape index (κ2) is 5.61. The first-order valence-electron chi connectivity index (χ1n) is 7.97. The summed E-state index contributed by atoms with van der Waals surface area (Å²) in [5, 5.41) is 5.19. The Morgan fingerprint density at radius 1 is 1.10 bits per heavy atom. The third-order valence-corrected chi connectivity index (χ3v) is 4.85. The van der Waals surface area contributed by atoms with Crippen molar-refractivity contribution in [3.05, 3.63) is 34.5 Å². The van der Waals surface area contributed by atoms with Gasteiger partial charge in [-0.3, -0.25) is 0 Å². The Morgan fingerprint density at radius 2 is 1.80 bits per heavy atom. The number of hydrogen-bond acceptors (Lipinski definition) is 1. The summed E-state index contributed by atoms with van der Waals surface area (Å²) in [6.07, 6.45) is 6.67. The molecule has 1 aromatic heterocycles. The summed E-state index contributed by atoms with van der Waals surface area (Å²) in [6.45, 7) is 7.73. The van der Waals surface area contributed by atoms with Crippen molar-refractivity contribution in [2.75, 3.05) is 6.54 Å². The number of nitrogens with one attached hydrogen (secondary N) is 2. The molecule has 1 heterocycles. The van der Waals surface area contributed by atoms with Gasteiger partial charge in [0.1, 0.15) is 0 Å². The highest BCUT2D eigenvalue weighted by atomic mass is 14.9. The molecule has 108 valence electrons. The third-order valence-electron chi connectivity index (χ3n) is 4.85. The first-order valence-corrected chi connectivity index (χ1v) is 7.97. The van der Waals surface area contributed by atoms with E-state index in [-0.39, 0.29) is 0 Å². The lowest BCUT2D eigenvalue weighted by molar-refractivity contribution is 0.528. The van der Waals surface area contributed by atoms with E-state index >= 15 is 0 Å². The van der Waals surface area contributed by atoms with Gasteiger partial charge in [-0.15, -0.1) is 0 Å². The first kappa shape index (κ1) is 13.7. The predicted octanol–water partition coefficient (Wildman–Crippen LogP) is 4.17. The van der Waals surface area contributed by atoms with Crippen molar-refractivity contribution in [1.82, 2.24) is 10.3 Å². The summed E-state index contributed by atoms with van der Waals surface area (Å²) < 4.78 is 0. The van der Waals surface area contributed by atoms with E-state index in [0.29, 0.717) is 0 Å². The predicted molar refractivity (Wildman–Crippen MR) is 86.5 cm³/mol. The smallest absolute Gasteiger partial charge is 0.0491 e. The molecule has 0 spiro atoms. The van der Waals surface area contributed by atoms with Crippen molar-refractivity contribution in [3.63, 3.8) is 0 Å². The molecule has 0 unspecified atom stereocenters. The van der Waals surface area contributed by atoms with Crippen LogP contribution in [-0.2, 0) is 6.42 Å². The molecule has 2 N–H and O–H groups in total. The topological polar surface area (TPSA) is 27.8 Å².